The first-order valence-electron chi connectivity index (χ1n) is 6.83. The number of hydrogen-bond acceptors (Lipinski definition) is 3. The Balaban J connectivity index is 2.53. The van der Waals surface area contributed by atoms with E-state index < -0.39 is 0 Å². The van der Waals surface area contributed by atoms with Crippen LogP contribution in [0.15, 0.2) is 12.1 Å². The molecular formula is C15H21NO3. The number of anilines is 1. The third-order valence-corrected chi connectivity index (χ3v) is 3.77. The van der Waals surface area contributed by atoms with Crippen LogP contribution in [0.5, 0.6) is 11.5 Å². The van der Waals surface area contributed by atoms with Gasteiger partial charge in [0, 0.05) is 30.2 Å². The van der Waals surface area contributed by atoms with Crippen LogP contribution < -0.4 is 4.90 Å². The first-order chi connectivity index (χ1) is 8.95. The van der Waals surface area contributed by atoms with Crippen LogP contribution in [-0.4, -0.2) is 22.7 Å². The zero-order valence-corrected chi connectivity index (χ0v) is 11.7. The molecule has 0 aromatic heterocycles. The summed E-state index contributed by atoms with van der Waals surface area (Å²) in [6.07, 6.45) is 1.76. The molecule has 104 valence electrons. The molecule has 0 unspecified atom stereocenters. The first kappa shape index (κ1) is 13.7. The molecule has 0 aliphatic carbocycles. The summed E-state index contributed by atoms with van der Waals surface area (Å²) in [5.74, 6) is 0.251. The highest BCUT2D eigenvalue weighted by molar-refractivity contribution is 5.96. The molecule has 2 rings (SSSR count). The third-order valence-electron chi connectivity index (χ3n) is 3.77. The predicted octanol–water partition coefficient (Wildman–Crippen LogP) is 2.98. The van der Waals surface area contributed by atoms with Crippen LogP contribution in [0.1, 0.15) is 45.1 Å². The molecule has 1 aliphatic rings. The Morgan fingerprint density at radius 1 is 1.42 bits per heavy atom. The van der Waals surface area contributed by atoms with Gasteiger partial charge >= 0.3 is 0 Å². The molecule has 4 nitrogen and oxygen atoms in total. The maximum Gasteiger partial charge on any atom is 0.229 e. The lowest BCUT2D eigenvalue weighted by Gasteiger charge is -2.35. The number of rotatable bonds is 2. The smallest absolute Gasteiger partial charge is 0.229 e. The predicted molar refractivity (Wildman–Crippen MR) is 74.6 cm³/mol. The number of phenols is 2. The van der Waals surface area contributed by atoms with Gasteiger partial charge in [0.2, 0.25) is 5.91 Å². The molecule has 19 heavy (non-hydrogen) atoms. The van der Waals surface area contributed by atoms with Gasteiger partial charge in [-0.1, -0.05) is 20.8 Å². The Bertz CT molecular complexity index is 496. The molecule has 0 radical (unpaired) electrons. The first-order valence-corrected chi connectivity index (χ1v) is 6.83. The summed E-state index contributed by atoms with van der Waals surface area (Å²) in [7, 11) is 0. The van der Waals surface area contributed by atoms with Crippen molar-refractivity contribution in [1.82, 2.24) is 0 Å². The lowest BCUT2D eigenvalue weighted by molar-refractivity contribution is -0.121. The van der Waals surface area contributed by atoms with Gasteiger partial charge in [0.1, 0.15) is 11.5 Å². The maximum absolute atomic E-state index is 12.2. The van der Waals surface area contributed by atoms with Gasteiger partial charge in [-0.3, -0.25) is 4.79 Å². The van der Waals surface area contributed by atoms with Crippen LogP contribution in [0.4, 0.5) is 5.69 Å². The van der Waals surface area contributed by atoms with E-state index in [9.17, 15) is 15.0 Å². The Morgan fingerprint density at radius 3 is 2.68 bits per heavy atom. The van der Waals surface area contributed by atoms with Crippen molar-refractivity contribution >= 4 is 11.6 Å². The van der Waals surface area contributed by atoms with Gasteiger partial charge in [-0.15, -0.1) is 0 Å². The van der Waals surface area contributed by atoms with Crippen molar-refractivity contribution < 1.29 is 15.0 Å². The molecule has 1 heterocycles. The van der Waals surface area contributed by atoms with Crippen molar-refractivity contribution in [2.24, 2.45) is 5.92 Å². The summed E-state index contributed by atoms with van der Waals surface area (Å²) in [5.41, 5.74) is 1.45. The van der Waals surface area contributed by atoms with Crippen molar-refractivity contribution in [3.8, 4) is 11.5 Å². The van der Waals surface area contributed by atoms with Crippen molar-refractivity contribution in [2.45, 2.75) is 39.5 Å². The van der Waals surface area contributed by atoms with Crippen LogP contribution in [0.25, 0.3) is 0 Å². The van der Waals surface area contributed by atoms with Gasteiger partial charge < -0.3 is 15.1 Å². The molecule has 2 N–H and O–H groups in total. The van der Waals surface area contributed by atoms with Crippen molar-refractivity contribution in [1.29, 1.82) is 0 Å². The molecular weight excluding hydrogens is 242 g/mol. The van der Waals surface area contributed by atoms with Crippen LogP contribution in [0.3, 0.4) is 0 Å². The molecule has 1 aromatic rings. The topological polar surface area (TPSA) is 60.8 Å². The molecule has 0 spiro atoms. The van der Waals surface area contributed by atoms with Crippen LogP contribution in [0.2, 0.25) is 0 Å². The minimum Gasteiger partial charge on any atom is -0.508 e. The van der Waals surface area contributed by atoms with E-state index in [1.54, 1.807) is 11.0 Å². The lowest BCUT2D eigenvalue weighted by atomic mass is 9.86. The SMILES string of the molecule is CC[C@@H]1CCN(C(=O)C(C)C)c2cc(O)cc(O)c21. The van der Waals surface area contributed by atoms with E-state index in [-0.39, 0.29) is 29.2 Å². The number of carbonyl (C=O) groups is 1. The maximum atomic E-state index is 12.2. The molecule has 4 heteroatoms. The molecule has 1 aromatic carbocycles. The highest BCUT2D eigenvalue weighted by atomic mass is 16.3. The largest absolute Gasteiger partial charge is 0.508 e. The standard InChI is InChI=1S/C15H21NO3/c1-4-10-5-6-16(15(19)9(2)3)12-7-11(17)8-13(18)14(10)12/h7-10,17-18H,4-6H2,1-3H3/t10-/m1/s1. The molecule has 0 saturated heterocycles. The Labute approximate surface area is 113 Å². The van der Waals surface area contributed by atoms with E-state index in [4.69, 9.17) is 0 Å². The van der Waals surface area contributed by atoms with Gasteiger partial charge in [0.15, 0.2) is 0 Å². The molecule has 1 amide bonds. The highest BCUT2D eigenvalue weighted by Crippen LogP contribution is 2.44. The fraction of sp³-hybridized carbons (Fsp3) is 0.533. The van der Waals surface area contributed by atoms with Crippen LogP contribution >= 0.6 is 0 Å². The van der Waals surface area contributed by atoms with E-state index in [0.29, 0.717) is 12.2 Å². The average Bonchev–Trinajstić information content (AvgIpc) is 2.36. The van der Waals surface area contributed by atoms with E-state index >= 15 is 0 Å². The number of benzene rings is 1. The Kier molecular flexibility index (Phi) is 3.69. The van der Waals surface area contributed by atoms with E-state index in [2.05, 4.69) is 6.92 Å². The normalized spacial score (nSPS) is 18.5. The second-order valence-corrected chi connectivity index (χ2v) is 5.44. The van der Waals surface area contributed by atoms with Gasteiger partial charge in [-0.2, -0.15) is 0 Å². The average molecular weight is 263 g/mol. The number of carbonyl (C=O) groups excluding carboxylic acids is 1. The number of hydrogen-bond donors (Lipinski definition) is 2. The minimum atomic E-state index is -0.101. The van der Waals surface area contributed by atoms with E-state index in [1.165, 1.54) is 6.07 Å². The van der Waals surface area contributed by atoms with Crippen molar-refractivity contribution in [3.05, 3.63) is 17.7 Å². The highest BCUT2D eigenvalue weighted by Gasteiger charge is 2.31. The molecule has 0 fully saturated rings. The zero-order chi connectivity index (χ0) is 14.2. The van der Waals surface area contributed by atoms with Crippen LogP contribution in [0, 0.1) is 5.92 Å². The monoisotopic (exact) mass is 263 g/mol. The van der Waals surface area contributed by atoms with Gasteiger partial charge in [0.05, 0.1) is 5.69 Å². The number of nitrogens with zero attached hydrogens (tertiary/aromatic N) is 1. The summed E-state index contributed by atoms with van der Waals surface area (Å²) in [4.78, 5) is 13.9. The Hall–Kier alpha value is -1.71. The fourth-order valence-electron chi connectivity index (χ4n) is 2.75. The fourth-order valence-corrected chi connectivity index (χ4v) is 2.75. The summed E-state index contributed by atoms with van der Waals surface area (Å²) in [6, 6.07) is 2.93. The summed E-state index contributed by atoms with van der Waals surface area (Å²) in [5, 5.41) is 19.7. The number of fused-ring (bicyclic) bond motifs is 1. The molecule has 0 saturated carbocycles. The second kappa shape index (κ2) is 5.11. The second-order valence-electron chi connectivity index (χ2n) is 5.44. The van der Waals surface area contributed by atoms with Gasteiger partial charge in [-0.05, 0) is 18.8 Å². The number of amides is 1. The summed E-state index contributed by atoms with van der Waals surface area (Å²) < 4.78 is 0. The van der Waals surface area contributed by atoms with Gasteiger partial charge in [-0.25, -0.2) is 0 Å². The quantitative estimate of drug-likeness (QED) is 0.862. The summed E-state index contributed by atoms with van der Waals surface area (Å²) >= 11 is 0. The van der Waals surface area contributed by atoms with Gasteiger partial charge in [0.25, 0.3) is 0 Å². The number of phenolic OH excluding ortho intramolecular Hbond substituents is 2. The number of aromatic hydroxyl groups is 2. The van der Waals surface area contributed by atoms with Crippen LogP contribution in [-0.2, 0) is 4.79 Å². The molecule has 1 atom stereocenters. The van der Waals surface area contributed by atoms with Crippen molar-refractivity contribution in [3.63, 3.8) is 0 Å². The zero-order valence-electron chi connectivity index (χ0n) is 11.7. The Morgan fingerprint density at radius 2 is 2.11 bits per heavy atom. The molecule has 1 aliphatic heterocycles. The summed E-state index contributed by atoms with van der Waals surface area (Å²) in [6.45, 7) is 6.43. The minimum absolute atomic E-state index is 0.00504. The lowest BCUT2D eigenvalue weighted by Crippen LogP contribution is -2.39. The van der Waals surface area contributed by atoms with E-state index in [0.717, 1.165) is 18.4 Å². The third kappa shape index (κ3) is 2.39. The van der Waals surface area contributed by atoms with E-state index in [1.807, 2.05) is 13.8 Å². The van der Waals surface area contributed by atoms with Crippen molar-refractivity contribution in [2.75, 3.05) is 11.4 Å². The molecule has 0 bridgehead atoms.